The van der Waals surface area contributed by atoms with Crippen molar-refractivity contribution < 1.29 is 23.0 Å². The summed E-state index contributed by atoms with van der Waals surface area (Å²) in [6.45, 7) is 7.98. The lowest BCUT2D eigenvalue weighted by atomic mass is 9.61. The molecule has 0 spiro atoms. The minimum Gasteiger partial charge on any atom is -0.489 e. The van der Waals surface area contributed by atoms with Crippen LogP contribution in [0.3, 0.4) is 0 Å². The monoisotopic (exact) mass is 1270 g/mol. The highest BCUT2D eigenvalue weighted by atomic mass is 19.1. The van der Waals surface area contributed by atoms with Crippen LogP contribution in [0.5, 0.6) is 11.5 Å². The zero-order valence-corrected chi connectivity index (χ0v) is 54.5. The molecule has 97 heavy (non-hydrogen) atoms. The van der Waals surface area contributed by atoms with Gasteiger partial charge >= 0.3 is 0 Å². The molecule has 7 heteroatoms. The van der Waals surface area contributed by atoms with Crippen molar-refractivity contribution in [2.75, 3.05) is 4.90 Å². The molecule has 0 amide bonds. The SMILES string of the molecule is C=Cc1ccc(Oc2ccc(C3(c4ccccc4)C4C=CC=CC4C4C=CC(N(C5=CC6C7=C(CCC(N(c8ccc(F)cc8)c8ccc9c(c8)C(C8=CC=C(OC%10=CCC(C=C)CC%10)CC8)(c8ccccc8)C8C=CC=CC98)=C7)OC6C=C5)C5=CC=C(F)CC5)=CC43)cc2)cc1. The number of fused-ring (bicyclic) bond motifs is 8. The fraction of sp³-hybridized carbons (Fsp3) is 0.222. The Morgan fingerprint density at radius 3 is 1.97 bits per heavy atom. The first-order valence-corrected chi connectivity index (χ1v) is 34.9. The van der Waals surface area contributed by atoms with Gasteiger partial charge in [0, 0.05) is 99.9 Å². The molecule has 10 aliphatic carbocycles. The van der Waals surface area contributed by atoms with Gasteiger partial charge in [0.05, 0.1) is 5.76 Å². The van der Waals surface area contributed by atoms with E-state index in [0.717, 1.165) is 106 Å². The minimum atomic E-state index is -0.492. The third-order valence-electron chi connectivity index (χ3n) is 22.7. The van der Waals surface area contributed by atoms with Crippen LogP contribution in [-0.2, 0) is 20.3 Å². The molecule has 5 nitrogen and oxygen atoms in total. The van der Waals surface area contributed by atoms with E-state index < -0.39 is 10.8 Å². The number of rotatable bonds is 16. The van der Waals surface area contributed by atoms with Crippen LogP contribution in [0.4, 0.5) is 20.2 Å². The zero-order valence-electron chi connectivity index (χ0n) is 54.5. The Bertz CT molecular complexity index is 4640. The van der Waals surface area contributed by atoms with Crippen LogP contribution in [0, 0.1) is 47.2 Å². The molecule has 1 heterocycles. The van der Waals surface area contributed by atoms with Crippen LogP contribution in [-0.4, -0.2) is 11.0 Å². The number of benzene rings is 6. The molecule has 11 unspecified atom stereocenters. The zero-order chi connectivity index (χ0) is 65.2. The molecule has 0 N–H and O–H groups in total. The van der Waals surface area contributed by atoms with E-state index in [1.165, 1.54) is 33.4 Å². The van der Waals surface area contributed by atoms with Crippen molar-refractivity contribution in [3.05, 3.63) is 389 Å². The highest BCUT2D eigenvalue weighted by Crippen LogP contribution is 2.65. The first-order chi connectivity index (χ1) is 47.7. The molecule has 0 radical (unpaired) electrons. The Labute approximate surface area is 569 Å². The lowest BCUT2D eigenvalue weighted by Crippen LogP contribution is -2.39. The van der Waals surface area contributed by atoms with Crippen molar-refractivity contribution in [1.29, 1.82) is 0 Å². The van der Waals surface area contributed by atoms with Crippen LogP contribution in [0.15, 0.2) is 349 Å². The van der Waals surface area contributed by atoms with Crippen LogP contribution < -0.4 is 9.64 Å². The maximum absolute atomic E-state index is 15.3. The van der Waals surface area contributed by atoms with Gasteiger partial charge in [0.1, 0.15) is 40.8 Å². The van der Waals surface area contributed by atoms with Gasteiger partial charge in [0.15, 0.2) is 0 Å². The second-order valence-corrected chi connectivity index (χ2v) is 27.7. The summed E-state index contributed by atoms with van der Waals surface area (Å²) in [5, 5.41) is 0. The number of anilines is 2. The average molecular weight is 1270 g/mol. The van der Waals surface area contributed by atoms with E-state index in [4.69, 9.17) is 14.2 Å². The van der Waals surface area contributed by atoms with E-state index >= 15 is 8.78 Å². The Kier molecular flexibility index (Phi) is 15.6. The highest BCUT2D eigenvalue weighted by molar-refractivity contribution is 5.74. The predicted molar refractivity (Wildman–Crippen MR) is 387 cm³/mol. The summed E-state index contributed by atoms with van der Waals surface area (Å²) in [6, 6.07) is 53.2. The van der Waals surface area contributed by atoms with Crippen molar-refractivity contribution in [1.82, 2.24) is 4.90 Å². The van der Waals surface area contributed by atoms with Crippen molar-refractivity contribution in [2.24, 2.45) is 41.4 Å². The van der Waals surface area contributed by atoms with Gasteiger partial charge in [-0.1, -0.05) is 182 Å². The average Bonchev–Trinajstić information content (AvgIpc) is 1.56. The molecule has 1 saturated carbocycles. The van der Waals surface area contributed by atoms with E-state index in [1.54, 1.807) is 18.2 Å². The lowest BCUT2D eigenvalue weighted by Gasteiger charge is -2.43. The number of ether oxygens (including phenoxy) is 3. The van der Waals surface area contributed by atoms with Crippen molar-refractivity contribution in [3.63, 3.8) is 0 Å². The maximum atomic E-state index is 15.3. The lowest BCUT2D eigenvalue weighted by molar-refractivity contribution is 0.156. The van der Waals surface area contributed by atoms with Gasteiger partial charge in [0.25, 0.3) is 0 Å². The molecule has 1 fully saturated rings. The summed E-state index contributed by atoms with van der Waals surface area (Å²) in [5.41, 5.74) is 15.1. The second kappa shape index (κ2) is 25.1. The molecule has 6 aromatic carbocycles. The van der Waals surface area contributed by atoms with Crippen LogP contribution in [0.1, 0.15) is 97.1 Å². The molecule has 11 aliphatic rings. The number of hydrogen-bond donors (Lipinski definition) is 0. The molecule has 0 bridgehead atoms. The van der Waals surface area contributed by atoms with Crippen molar-refractivity contribution >= 4 is 17.5 Å². The molecule has 480 valence electrons. The van der Waals surface area contributed by atoms with Gasteiger partial charge in [-0.25, -0.2) is 8.78 Å². The van der Waals surface area contributed by atoms with Crippen LogP contribution in [0.25, 0.3) is 6.08 Å². The maximum Gasteiger partial charge on any atom is 0.127 e. The van der Waals surface area contributed by atoms with Gasteiger partial charge in [-0.2, -0.15) is 0 Å². The largest absolute Gasteiger partial charge is 0.489 e. The number of halogens is 2. The molecule has 0 saturated heterocycles. The topological polar surface area (TPSA) is 34.2 Å². The Morgan fingerprint density at radius 2 is 1.24 bits per heavy atom. The molecule has 1 aliphatic heterocycles. The fourth-order valence-corrected chi connectivity index (χ4v) is 18.3. The Hall–Kier alpha value is -10.2. The van der Waals surface area contributed by atoms with E-state index in [2.05, 4.69) is 242 Å². The standard InChI is InChI=1S/C90H78F2N2O3/c1-3-59-23-43-73(44-24-59)95-75-47-27-63(28-48-75)89(61-15-7-5-8-16-61)83-21-13-11-19-77(83)79-51-39-71(57-85(79)89)93(67-35-31-65(91)32-36-67)69-41-53-87-81(55-69)82-56-70(42-54-88(82)97-87)94(68-37-33-66(92)34-38-68)72-40-52-80-78-20-12-14-22-84(78)90(86(80)58-72,62-17-9-6-10-18-62)64-29-49-76(50-30-64)96-74-45-25-60(4-2)26-46-74/h3-24,27-29,31,33-35,37-41,43-45,47-49,51-53,55-58,60,77-79,81,83-85,87H,1-2,25-26,30,32,36,42,46,50,54H2. The highest BCUT2D eigenvalue weighted by Gasteiger charge is 2.60. The summed E-state index contributed by atoms with van der Waals surface area (Å²) < 4.78 is 50.7. The third-order valence-corrected chi connectivity index (χ3v) is 22.7. The van der Waals surface area contributed by atoms with E-state index in [1.807, 2.05) is 48.6 Å². The molecule has 17 rings (SSSR count). The van der Waals surface area contributed by atoms with Gasteiger partial charge in [-0.05, 0) is 205 Å². The Morgan fingerprint density at radius 1 is 0.536 bits per heavy atom. The van der Waals surface area contributed by atoms with Crippen molar-refractivity contribution in [3.8, 4) is 11.5 Å². The van der Waals surface area contributed by atoms with Gasteiger partial charge < -0.3 is 24.0 Å². The first-order valence-electron chi connectivity index (χ1n) is 34.9. The summed E-state index contributed by atoms with van der Waals surface area (Å²) in [4.78, 5) is 4.78. The molecule has 0 aromatic heterocycles. The molecule has 6 aromatic rings. The third kappa shape index (κ3) is 10.5. The smallest absolute Gasteiger partial charge is 0.127 e. The predicted octanol–water partition coefficient (Wildman–Crippen LogP) is 22.3. The minimum absolute atomic E-state index is 0.0223. The molecular weight excluding hydrogens is 1190 g/mol. The van der Waals surface area contributed by atoms with Gasteiger partial charge in [-0.15, -0.1) is 6.58 Å². The van der Waals surface area contributed by atoms with Crippen molar-refractivity contribution in [2.45, 2.75) is 80.6 Å². The quantitative estimate of drug-likeness (QED) is 0.0902. The fourth-order valence-electron chi connectivity index (χ4n) is 18.3. The van der Waals surface area contributed by atoms with Crippen LogP contribution >= 0.6 is 0 Å². The number of nitrogens with zero attached hydrogens (tertiary/aromatic N) is 2. The Balaban J connectivity index is 0.751. The van der Waals surface area contributed by atoms with E-state index in [9.17, 15) is 0 Å². The van der Waals surface area contributed by atoms with E-state index in [-0.39, 0.29) is 59.2 Å². The van der Waals surface area contributed by atoms with Crippen LogP contribution in [0.2, 0.25) is 0 Å². The number of hydrogen-bond acceptors (Lipinski definition) is 5. The van der Waals surface area contributed by atoms with Gasteiger partial charge in [0.2, 0.25) is 0 Å². The summed E-state index contributed by atoms with van der Waals surface area (Å²) in [5.74, 6) is 5.47. The summed E-state index contributed by atoms with van der Waals surface area (Å²) in [7, 11) is 0. The molecule has 11 atom stereocenters. The van der Waals surface area contributed by atoms with Gasteiger partial charge in [-0.3, -0.25) is 0 Å². The second-order valence-electron chi connectivity index (χ2n) is 27.7. The molecular formula is C90H78F2N2O3. The summed E-state index contributed by atoms with van der Waals surface area (Å²) >= 11 is 0. The first kappa shape index (κ1) is 60.4. The van der Waals surface area contributed by atoms with E-state index in [0.29, 0.717) is 31.6 Å². The number of allylic oxidation sites excluding steroid dienone is 26. The summed E-state index contributed by atoms with van der Waals surface area (Å²) in [6.07, 6.45) is 56.3. The normalized spacial score (nSPS) is 28.3.